The topological polar surface area (TPSA) is 85.9 Å². The molecule has 2 aromatic rings. The summed E-state index contributed by atoms with van der Waals surface area (Å²) in [7, 11) is 1.30. The van der Waals surface area contributed by atoms with Gasteiger partial charge in [0.15, 0.2) is 11.5 Å². The molecule has 2 aromatic carbocycles. The Morgan fingerprint density at radius 3 is 2.66 bits per heavy atom. The molecule has 0 saturated carbocycles. The van der Waals surface area contributed by atoms with Crippen molar-refractivity contribution < 1.29 is 23.8 Å². The van der Waals surface area contributed by atoms with Crippen LogP contribution in [0.1, 0.15) is 23.6 Å². The quantitative estimate of drug-likeness (QED) is 0.674. The predicted molar refractivity (Wildman–Crippen MR) is 108 cm³/mol. The van der Waals surface area contributed by atoms with Crippen molar-refractivity contribution in [2.24, 2.45) is 0 Å². The summed E-state index contributed by atoms with van der Waals surface area (Å²) in [5, 5.41) is 6.07. The van der Waals surface area contributed by atoms with Gasteiger partial charge in [-0.2, -0.15) is 0 Å². The van der Waals surface area contributed by atoms with Crippen LogP contribution < -0.4 is 20.1 Å². The van der Waals surface area contributed by atoms with Crippen LogP contribution in [0.4, 0.5) is 4.79 Å². The van der Waals surface area contributed by atoms with E-state index in [1.807, 2.05) is 18.2 Å². The molecule has 0 aromatic heterocycles. The molecule has 0 saturated heterocycles. The molecule has 0 unspecified atom stereocenters. The molecule has 0 aliphatic carbocycles. The zero-order valence-electron chi connectivity index (χ0n) is 16.1. The number of benzene rings is 2. The fraction of sp³-hybridized carbons (Fsp3) is 0.333. The van der Waals surface area contributed by atoms with Crippen LogP contribution in [0.25, 0.3) is 0 Å². The fourth-order valence-corrected chi connectivity index (χ4v) is 3.29. The molecule has 1 heterocycles. The molecule has 0 fully saturated rings. The van der Waals surface area contributed by atoms with Crippen molar-refractivity contribution in [2.75, 3.05) is 26.9 Å². The molecular formula is C21H23ClN2O5. The van der Waals surface area contributed by atoms with E-state index in [1.165, 1.54) is 7.11 Å². The maximum absolute atomic E-state index is 12.4. The number of ether oxygens (including phenoxy) is 3. The molecule has 2 amide bonds. The number of carbonyl (C=O) groups excluding carboxylic acids is 2. The number of hydrogen-bond acceptors (Lipinski definition) is 5. The van der Waals surface area contributed by atoms with Gasteiger partial charge in [-0.25, -0.2) is 4.79 Å². The maximum atomic E-state index is 12.4. The van der Waals surface area contributed by atoms with Crippen molar-refractivity contribution >= 4 is 23.6 Å². The van der Waals surface area contributed by atoms with Crippen LogP contribution >= 0.6 is 11.6 Å². The number of carbonyl (C=O) groups is 2. The van der Waals surface area contributed by atoms with Crippen LogP contribution in [0.5, 0.6) is 11.5 Å². The average molecular weight is 419 g/mol. The number of esters is 1. The van der Waals surface area contributed by atoms with Crippen LogP contribution in [-0.4, -0.2) is 38.9 Å². The van der Waals surface area contributed by atoms with E-state index in [0.717, 1.165) is 17.1 Å². The number of amides is 2. The van der Waals surface area contributed by atoms with Gasteiger partial charge in [-0.15, -0.1) is 0 Å². The van der Waals surface area contributed by atoms with Crippen molar-refractivity contribution in [2.45, 2.75) is 18.9 Å². The molecule has 29 heavy (non-hydrogen) atoms. The lowest BCUT2D eigenvalue weighted by molar-refractivity contribution is -0.141. The van der Waals surface area contributed by atoms with E-state index in [-0.39, 0.29) is 6.42 Å². The van der Waals surface area contributed by atoms with E-state index in [4.69, 9.17) is 25.8 Å². The Balaban J connectivity index is 1.56. The highest BCUT2D eigenvalue weighted by atomic mass is 35.5. The SMILES string of the molecule is COC(=O)C[C@H](NC(=O)NCCc1ccc2c(c1)OCCO2)c1ccccc1Cl. The average Bonchev–Trinajstić information content (AvgIpc) is 2.73. The molecule has 154 valence electrons. The molecule has 1 aliphatic heterocycles. The first-order chi connectivity index (χ1) is 14.1. The van der Waals surface area contributed by atoms with Gasteiger partial charge in [-0.3, -0.25) is 4.79 Å². The Bertz CT molecular complexity index is 874. The maximum Gasteiger partial charge on any atom is 0.315 e. The first kappa shape index (κ1) is 20.8. The zero-order chi connectivity index (χ0) is 20.6. The lowest BCUT2D eigenvalue weighted by Gasteiger charge is -2.20. The highest BCUT2D eigenvalue weighted by molar-refractivity contribution is 6.31. The summed E-state index contributed by atoms with van der Waals surface area (Å²) in [6.45, 7) is 1.49. The van der Waals surface area contributed by atoms with E-state index < -0.39 is 18.0 Å². The Labute approximate surface area is 174 Å². The van der Waals surface area contributed by atoms with Crippen LogP contribution in [0.3, 0.4) is 0 Å². The molecule has 3 rings (SSSR count). The van der Waals surface area contributed by atoms with Crippen molar-refractivity contribution in [1.82, 2.24) is 10.6 Å². The Morgan fingerprint density at radius 1 is 1.14 bits per heavy atom. The van der Waals surface area contributed by atoms with Gasteiger partial charge in [0, 0.05) is 11.6 Å². The van der Waals surface area contributed by atoms with Crippen molar-refractivity contribution in [3.05, 3.63) is 58.6 Å². The van der Waals surface area contributed by atoms with Gasteiger partial charge in [-0.05, 0) is 35.7 Å². The van der Waals surface area contributed by atoms with Crippen LogP contribution in [0.15, 0.2) is 42.5 Å². The van der Waals surface area contributed by atoms with E-state index in [2.05, 4.69) is 10.6 Å². The number of fused-ring (bicyclic) bond motifs is 1. The fourth-order valence-electron chi connectivity index (χ4n) is 3.02. The van der Waals surface area contributed by atoms with Crippen molar-refractivity contribution in [3.63, 3.8) is 0 Å². The van der Waals surface area contributed by atoms with Gasteiger partial charge in [0.05, 0.1) is 19.6 Å². The summed E-state index contributed by atoms with van der Waals surface area (Å²) < 4.78 is 15.8. The smallest absolute Gasteiger partial charge is 0.315 e. The van der Waals surface area contributed by atoms with Crippen LogP contribution in [0.2, 0.25) is 5.02 Å². The monoisotopic (exact) mass is 418 g/mol. The highest BCUT2D eigenvalue weighted by Gasteiger charge is 2.21. The third-order valence-electron chi connectivity index (χ3n) is 4.49. The predicted octanol–water partition coefficient (Wildman–Crippen LogP) is 3.26. The third-order valence-corrected chi connectivity index (χ3v) is 4.83. The summed E-state index contributed by atoms with van der Waals surface area (Å²) in [5.74, 6) is 1.01. The molecule has 1 atom stereocenters. The largest absolute Gasteiger partial charge is 0.486 e. The number of rotatable bonds is 7. The molecule has 7 nitrogen and oxygen atoms in total. The first-order valence-corrected chi connectivity index (χ1v) is 9.68. The van der Waals surface area contributed by atoms with Crippen molar-refractivity contribution in [3.8, 4) is 11.5 Å². The second-order valence-corrected chi connectivity index (χ2v) is 6.89. The standard InChI is InChI=1S/C21H23ClN2O5/c1-27-20(25)13-17(15-4-2-3-5-16(15)22)24-21(26)23-9-8-14-6-7-18-19(12-14)29-11-10-28-18/h2-7,12,17H,8-11,13H2,1H3,(H2,23,24,26)/t17-/m0/s1. The van der Waals surface area contributed by atoms with Gasteiger partial charge in [0.2, 0.25) is 0 Å². The molecule has 0 bridgehead atoms. The minimum Gasteiger partial charge on any atom is -0.486 e. The second-order valence-electron chi connectivity index (χ2n) is 6.48. The molecule has 0 radical (unpaired) electrons. The molecule has 0 spiro atoms. The number of halogens is 1. The summed E-state index contributed by atoms with van der Waals surface area (Å²) in [5.41, 5.74) is 1.67. The summed E-state index contributed by atoms with van der Waals surface area (Å²) in [6, 6.07) is 11.8. The zero-order valence-corrected chi connectivity index (χ0v) is 16.8. The van der Waals surface area contributed by atoms with Gasteiger partial charge in [-0.1, -0.05) is 35.9 Å². The van der Waals surface area contributed by atoms with E-state index in [1.54, 1.807) is 24.3 Å². The summed E-state index contributed by atoms with van der Waals surface area (Å²) in [6.07, 6.45) is 0.605. The Hall–Kier alpha value is -2.93. The number of hydrogen-bond donors (Lipinski definition) is 2. The lowest BCUT2D eigenvalue weighted by atomic mass is 10.0. The minimum atomic E-state index is -0.592. The van der Waals surface area contributed by atoms with E-state index >= 15 is 0 Å². The molecule has 2 N–H and O–H groups in total. The van der Waals surface area contributed by atoms with Gasteiger partial charge in [0.1, 0.15) is 13.2 Å². The van der Waals surface area contributed by atoms with E-state index in [9.17, 15) is 9.59 Å². The second kappa shape index (κ2) is 10.0. The minimum absolute atomic E-state index is 0.0180. The Kier molecular flexibility index (Phi) is 7.19. The van der Waals surface area contributed by atoms with E-state index in [0.29, 0.717) is 36.8 Å². The molecular weight excluding hydrogens is 396 g/mol. The number of urea groups is 1. The summed E-state index contributed by atoms with van der Waals surface area (Å²) in [4.78, 5) is 24.1. The number of nitrogens with one attached hydrogen (secondary N) is 2. The molecule has 8 heteroatoms. The number of methoxy groups -OCH3 is 1. The van der Waals surface area contributed by atoms with Gasteiger partial charge in [0.25, 0.3) is 0 Å². The summed E-state index contributed by atoms with van der Waals surface area (Å²) >= 11 is 6.23. The normalized spacial score (nSPS) is 13.3. The molecule has 1 aliphatic rings. The van der Waals surface area contributed by atoms with Crippen molar-refractivity contribution in [1.29, 1.82) is 0 Å². The Morgan fingerprint density at radius 2 is 1.90 bits per heavy atom. The lowest BCUT2D eigenvalue weighted by Crippen LogP contribution is -2.39. The van der Waals surface area contributed by atoms with Gasteiger partial charge < -0.3 is 24.8 Å². The van der Waals surface area contributed by atoms with Crippen LogP contribution in [-0.2, 0) is 16.0 Å². The van der Waals surface area contributed by atoms with Crippen LogP contribution in [0, 0.1) is 0 Å². The first-order valence-electron chi connectivity index (χ1n) is 9.31. The van der Waals surface area contributed by atoms with Gasteiger partial charge >= 0.3 is 12.0 Å². The third kappa shape index (κ3) is 5.77. The highest BCUT2D eigenvalue weighted by Crippen LogP contribution is 2.30.